The van der Waals surface area contributed by atoms with E-state index in [0.29, 0.717) is 5.92 Å². The van der Waals surface area contributed by atoms with Gasteiger partial charge in [-0.2, -0.15) is 0 Å². The Labute approximate surface area is 104 Å². The van der Waals surface area contributed by atoms with Gasteiger partial charge in [0.05, 0.1) is 6.10 Å². The van der Waals surface area contributed by atoms with Crippen molar-refractivity contribution < 1.29 is 9.84 Å². The number of rotatable bonds is 5. The second-order valence-electron chi connectivity index (χ2n) is 4.84. The Balaban J connectivity index is 1.90. The van der Waals surface area contributed by atoms with E-state index in [1.807, 2.05) is 6.07 Å². The molecule has 0 amide bonds. The molecule has 0 bridgehead atoms. The molecule has 2 atom stereocenters. The molecule has 2 rings (SSSR count). The van der Waals surface area contributed by atoms with Crippen LogP contribution in [0.5, 0.6) is 0 Å². The Morgan fingerprint density at radius 1 is 1.29 bits per heavy atom. The van der Waals surface area contributed by atoms with E-state index >= 15 is 0 Å². The van der Waals surface area contributed by atoms with E-state index < -0.39 is 0 Å². The topological polar surface area (TPSA) is 29.5 Å². The third kappa shape index (κ3) is 3.08. The smallest absolute Gasteiger partial charge is 0.0821 e. The Kier molecular flexibility index (Phi) is 4.57. The van der Waals surface area contributed by atoms with Crippen molar-refractivity contribution in [1.82, 2.24) is 0 Å². The van der Waals surface area contributed by atoms with Gasteiger partial charge in [0.1, 0.15) is 0 Å². The molecule has 2 unspecified atom stereocenters. The first-order valence-corrected chi connectivity index (χ1v) is 6.66. The van der Waals surface area contributed by atoms with Crippen molar-refractivity contribution in [2.75, 3.05) is 13.2 Å². The van der Waals surface area contributed by atoms with Gasteiger partial charge in [-0.1, -0.05) is 31.2 Å². The lowest BCUT2D eigenvalue weighted by Gasteiger charge is -2.30. The highest BCUT2D eigenvalue weighted by Crippen LogP contribution is 2.35. The fraction of sp³-hybridized carbons (Fsp3) is 0.600. The van der Waals surface area contributed by atoms with Crippen LogP contribution < -0.4 is 0 Å². The Morgan fingerprint density at radius 2 is 2.12 bits per heavy atom. The summed E-state index contributed by atoms with van der Waals surface area (Å²) in [6.45, 7) is 3.73. The van der Waals surface area contributed by atoms with Gasteiger partial charge >= 0.3 is 0 Å². The van der Waals surface area contributed by atoms with Gasteiger partial charge in [0, 0.05) is 13.2 Å². The molecule has 1 aromatic carbocycles. The van der Waals surface area contributed by atoms with Gasteiger partial charge in [-0.05, 0) is 42.7 Å². The van der Waals surface area contributed by atoms with Crippen molar-refractivity contribution in [2.45, 2.75) is 38.7 Å². The predicted octanol–water partition coefficient (Wildman–Crippen LogP) is 3.10. The molecule has 0 heterocycles. The predicted molar refractivity (Wildman–Crippen MR) is 68.9 cm³/mol. The molecular formula is C15H22O2. The molecule has 94 valence electrons. The van der Waals surface area contributed by atoms with Gasteiger partial charge in [0.25, 0.3) is 0 Å². The standard InChI is InChI=1S/C15H22O2/c1-2-10-17-11-9-13-8-7-12-5-3-4-6-14(12)15(13)16/h3-6,13,15-16H,2,7-11H2,1H3. The molecule has 17 heavy (non-hydrogen) atoms. The Morgan fingerprint density at radius 3 is 2.94 bits per heavy atom. The van der Waals surface area contributed by atoms with Gasteiger partial charge in [0.15, 0.2) is 0 Å². The summed E-state index contributed by atoms with van der Waals surface area (Å²) < 4.78 is 5.51. The lowest BCUT2D eigenvalue weighted by atomic mass is 9.80. The van der Waals surface area contributed by atoms with Gasteiger partial charge in [-0.15, -0.1) is 0 Å². The first kappa shape index (κ1) is 12.6. The van der Waals surface area contributed by atoms with Crippen LogP contribution in [0.3, 0.4) is 0 Å². The maximum atomic E-state index is 10.3. The number of aryl methyl sites for hydroxylation is 1. The lowest BCUT2D eigenvalue weighted by molar-refractivity contribution is 0.0553. The molecule has 0 aromatic heterocycles. The van der Waals surface area contributed by atoms with Crippen molar-refractivity contribution >= 4 is 0 Å². The Hall–Kier alpha value is -0.860. The number of hydrogen-bond acceptors (Lipinski definition) is 2. The second-order valence-corrected chi connectivity index (χ2v) is 4.84. The molecule has 0 aliphatic heterocycles. The fourth-order valence-electron chi connectivity index (χ4n) is 2.59. The van der Waals surface area contributed by atoms with Crippen molar-refractivity contribution in [2.24, 2.45) is 5.92 Å². The number of hydrogen-bond donors (Lipinski definition) is 1. The van der Waals surface area contributed by atoms with E-state index in [9.17, 15) is 5.11 Å². The van der Waals surface area contributed by atoms with E-state index in [2.05, 4.69) is 25.1 Å². The van der Waals surface area contributed by atoms with Crippen LogP contribution >= 0.6 is 0 Å². The van der Waals surface area contributed by atoms with Gasteiger partial charge in [-0.3, -0.25) is 0 Å². The van der Waals surface area contributed by atoms with Crippen LogP contribution in [0.2, 0.25) is 0 Å². The number of aliphatic hydroxyl groups is 1. The quantitative estimate of drug-likeness (QED) is 0.793. The van der Waals surface area contributed by atoms with Crippen LogP contribution in [0.15, 0.2) is 24.3 Å². The number of fused-ring (bicyclic) bond motifs is 1. The molecular weight excluding hydrogens is 212 g/mol. The summed E-state index contributed by atoms with van der Waals surface area (Å²) in [7, 11) is 0. The van der Waals surface area contributed by atoms with Crippen molar-refractivity contribution in [3.05, 3.63) is 35.4 Å². The minimum absolute atomic E-state index is 0.301. The number of benzene rings is 1. The average Bonchev–Trinajstić information content (AvgIpc) is 2.37. The molecule has 1 N–H and O–H groups in total. The third-order valence-electron chi connectivity index (χ3n) is 3.59. The molecule has 2 heteroatoms. The summed E-state index contributed by atoms with van der Waals surface area (Å²) in [6.07, 6.45) is 3.90. The molecule has 1 aliphatic rings. The normalized spacial score (nSPS) is 23.4. The zero-order valence-corrected chi connectivity index (χ0v) is 10.6. The average molecular weight is 234 g/mol. The second kappa shape index (κ2) is 6.18. The summed E-state index contributed by atoms with van der Waals surface area (Å²) in [5.41, 5.74) is 2.44. The van der Waals surface area contributed by atoms with E-state index in [1.54, 1.807) is 0 Å². The highest BCUT2D eigenvalue weighted by atomic mass is 16.5. The summed E-state index contributed by atoms with van der Waals surface area (Å²) in [5.74, 6) is 0.363. The minimum Gasteiger partial charge on any atom is -0.388 e. The number of aliphatic hydroxyl groups excluding tert-OH is 1. The van der Waals surface area contributed by atoms with E-state index in [4.69, 9.17) is 4.74 Å². The minimum atomic E-state index is -0.301. The molecule has 0 fully saturated rings. The molecule has 2 nitrogen and oxygen atoms in total. The largest absolute Gasteiger partial charge is 0.388 e. The van der Waals surface area contributed by atoms with Crippen molar-refractivity contribution in [1.29, 1.82) is 0 Å². The zero-order valence-electron chi connectivity index (χ0n) is 10.6. The lowest BCUT2D eigenvalue weighted by Crippen LogP contribution is -2.21. The Bertz CT molecular complexity index is 349. The number of ether oxygens (including phenoxy) is 1. The first-order valence-electron chi connectivity index (χ1n) is 6.66. The molecule has 1 aliphatic carbocycles. The maximum Gasteiger partial charge on any atom is 0.0821 e. The first-order chi connectivity index (χ1) is 8.33. The van der Waals surface area contributed by atoms with Crippen LogP contribution in [-0.4, -0.2) is 18.3 Å². The van der Waals surface area contributed by atoms with Crippen LogP contribution in [0.4, 0.5) is 0 Å². The highest BCUT2D eigenvalue weighted by Gasteiger charge is 2.26. The van der Waals surface area contributed by atoms with E-state index in [-0.39, 0.29) is 6.10 Å². The fourth-order valence-corrected chi connectivity index (χ4v) is 2.59. The van der Waals surface area contributed by atoms with E-state index in [1.165, 1.54) is 5.56 Å². The van der Waals surface area contributed by atoms with E-state index in [0.717, 1.165) is 44.5 Å². The van der Waals surface area contributed by atoms with Crippen LogP contribution in [0.25, 0.3) is 0 Å². The van der Waals surface area contributed by atoms with Gasteiger partial charge < -0.3 is 9.84 Å². The van der Waals surface area contributed by atoms with Crippen LogP contribution in [-0.2, 0) is 11.2 Å². The summed E-state index contributed by atoms with van der Waals surface area (Å²) >= 11 is 0. The van der Waals surface area contributed by atoms with Crippen molar-refractivity contribution in [3.63, 3.8) is 0 Å². The third-order valence-corrected chi connectivity index (χ3v) is 3.59. The van der Waals surface area contributed by atoms with Crippen LogP contribution in [0.1, 0.15) is 43.4 Å². The molecule has 0 saturated carbocycles. The van der Waals surface area contributed by atoms with Gasteiger partial charge in [0.2, 0.25) is 0 Å². The monoisotopic (exact) mass is 234 g/mol. The van der Waals surface area contributed by atoms with Gasteiger partial charge in [-0.25, -0.2) is 0 Å². The molecule has 0 spiro atoms. The maximum absolute atomic E-state index is 10.3. The summed E-state index contributed by atoms with van der Waals surface area (Å²) in [5, 5.41) is 10.3. The van der Waals surface area contributed by atoms with Crippen molar-refractivity contribution in [3.8, 4) is 0 Å². The highest BCUT2D eigenvalue weighted by molar-refractivity contribution is 5.31. The van der Waals surface area contributed by atoms with Crippen LogP contribution in [0, 0.1) is 5.92 Å². The summed E-state index contributed by atoms with van der Waals surface area (Å²) in [6, 6.07) is 8.25. The molecule has 0 radical (unpaired) electrons. The molecule has 0 saturated heterocycles. The molecule has 1 aromatic rings. The SMILES string of the molecule is CCCOCCC1CCc2ccccc2C1O. The zero-order chi connectivity index (χ0) is 12.1. The summed E-state index contributed by atoms with van der Waals surface area (Å²) in [4.78, 5) is 0.